The van der Waals surface area contributed by atoms with E-state index in [0.29, 0.717) is 19.5 Å². The number of methoxy groups -OCH3 is 1. The van der Waals surface area contributed by atoms with E-state index in [1.165, 1.54) is 0 Å². The molecule has 25 heavy (non-hydrogen) atoms. The van der Waals surface area contributed by atoms with Crippen LogP contribution in [0.3, 0.4) is 0 Å². The highest BCUT2D eigenvalue weighted by Gasteiger charge is 2.09. The Morgan fingerprint density at radius 3 is 2.32 bits per heavy atom. The van der Waals surface area contributed by atoms with Gasteiger partial charge in [0, 0.05) is 13.1 Å². The van der Waals surface area contributed by atoms with Crippen molar-refractivity contribution in [3.63, 3.8) is 0 Å². The molecule has 2 N–H and O–H groups in total. The van der Waals surface area contributed by atoms with E-state index in [1.807, 2.05) is 55.5 Å². The molecule has 0 aromatic heterocycles. The Hall–Kier alpha value is -2.82. The second-order valence-corrected chi connectivity index (χ2v) is 5.83. The summed E-state index contributed by atoms with van der Waals surface area (Å²) in [6.45, 7) is 2.92. The largest absolute Gasteiger partial charge is 0.497 e. The van der Waals surface area contributed by atoms with Crippen molar-refractivity contribution in [2.45, 2.75) is 26.3 Å². The van der Waals surface area contributed by atoms with Crippen LogP contribution in [0.5, 0.6) is 5.75 Å². The maximum absolute atomic E-state index is 11.9. The molecule has 0 saturated carbocycles. The van der Waals surface area contributed by atoms with Gasteiger partial charge in [0.1, 0.15) is 12.2 Å². The number of rotatable bonds is 8. The Morgan fingerprint density at radius 1 is 0.960 bits per heavy atom. The highest BCUT2D eigenvalue weighted by atomic mass is 16.5. The summed E-state index contributed by atoms with van der Waals surface area (Å²) in [6.07, 6.45) is 0.551. The lowest BCUT2D eigenvalue weighted by Crippen LogP contribution is -2.32. The highest BCUT2D eigenvalue weighted by Crippen LogP contribution is 2.11. The first-order chi connectivity index (χ1) is 12.1. The van der Waals surface area contributed by atoms with Gasteiger partial charge >= 0.3 is 0 Å². The van der Waals surface area contributed by atoms with Crippen molar-refractivity contribution < 1.29 is 14.3 Å². The number of carbonyl (C=O) groups excluding carboxylic acids is 2. The molecular formula is C20H24N2O3. The molecule has 132 valence electrons. The number of aryl methyl sites for hydroxylation is 1. The van der Waals surface area contributed by atoms with E-state index in [1.54, 1.807) is 7.11 Å². The van der Waals surface area contributed by atoms with Crippen LogP contribution in [0.4, 0.5) is 0 Å². The van der Waals surface area contributed by atoms with Crippen molar-refractivity contribution in [3.8, 4) is 5.75 Å². The van der Waals surface area contributed by atoms with Gasteiger partial charge in [-0.05, 0) is 42.2 Å². The van der Waals surface area contributed by atoms with Gasteiger partial charge in [0.15, 0.2) is 0 Å². The first-order valence-corrected chi connectivity index (χ1v) is 8.29. The van der Waals surface area contributed by atoms with Crippen LogP contribution in [0, 0.1) is 6.92 Å². The minimum Gasteiger partial charge on any atom is -0.497 e. The Morgan fingerprint density at radius 2 is 1.64 bits per heavy atom. The van der Waals surface area contributed by atoms with Gasteiger partial charge in [-0.25, -0.2) is 0 Å². The molecule has 2 aromatic rings. The fourth-order valence-corrected chi connectivity index (χ4v) is 2.41. The topological polar surface area (TPSA) is 67.4 Å². The third-order valence-corrected chi connectivity index (χ3v) is 3.95. The molecule has 0 atom stereocenters. The molecule has 0 unspecified atom stereocenters. The van der Waals surface area contributed by atoms with Crippen molar-refractivity contribution in [2.24, 2.45) is 0 Å². The average Bonchev–Trinajstić information content (AvgIpc) is 2.61. The SMILES string of the molecule is COc1ccc(CCNC(=O)CC(=O)NCc2ccccc2C)cc1. The molecule has 2 amide bonds. The smallest absolute Gasteiger partial charge is 0.229 e. The number of amides is 2. The molecule has 2 aromatic carbocycles. The molecule has 0 heterocycles. The molecule has 0 fully saturated rings. The van der Waals surface area contributed by atoms with Crippen molar-refractivity contribution in [2.75, 3.05) is 13.7 Å². The summed E-state index contributed by atoms with van der Waals surface area (Å²) in [5, 5.41) is 5.55. The fourth-order valence-electron chi connectivity index (χ4n) is 2.41. The van der Waals surface area contributed by atoms with Crippen molar-refractivity contribution in [1.29, 1.82) is 0 Å². The summed E-state index contributed by atoms with van der Waals surface area (Å²) in [4.78, 5) is 23.7. The van der Waals surface area contributed by atoms with Gasteiger partial charge in [0.05, 0.1) is 7.11 Å². The van der Waals surface area contributed by atoms with E-state index >= 15 is 0 Å². The van der Waals surface area contributed by atoms with E-state index in [9.17, 15) is 9.59 Å². The standard InChI is InChI=1S/C20H24N2O3/c1-15-5-3-4-6-17(15)14-22-20(24)13-19(23)21-12-11-16-7-9-18(25-2)10-8-16/h3-10H,11-14H2,1-2H3,(H,21,23)(H,22,24). The summed E-state index contributed by atoms with van der Waals surface area (Å²) in [6, 6.07) is 15.5. The molecule has 5 nitrogen and oxygen atoms in total. The van der Waals surface area contributed by atoms with Gasteiger partial charge < -0.3 is 15.4 Å². The number of nitrogens with one attached hydrogen (secondary N) is 2. The predicted molar refractivity (Wildman–Crippen MR) is 97.4 cm³/mol. The summed E-state index contributed by atoms with van der Waals surface area (Å²) < 4.78 is 5.10. The van der Waals surface area contributed by atoms with E-state index in [4.69, 9.17) is 4.74 Å². The van der Waals surface area contributed by atoms with Crippen LogP contribution in [0.25, 0.3) is 0 Å². The molecule has 0 aliphatic heterocycles. The van der Waals surface area contributed by atoms with Crippen molar-refractivity contribution in [1.82, 2.24) is 10.6 Å². The predicted octanol–water partition coefficient (Wildman–Crippen LogP) is 2.37. The molecule has 0 saturated heterocycles. The van der Waals surface area contributed by atoms with Crippen LogP contribution in [-0.2, 0) is 22.6 Å². The Kier molecular flexibility index (Phi) is 7.01. The zero-order valence-electron chi connectivity index (χ0n) is 14.7. The maximum Gasteiger partial charge on any atom is 0.229 e. The van der Waals surface area contributed by atoms with Crippen LogP contribution < -0.4 is 15.4 Å². The van der Waals surface area contributed by atoms with Crippen LogP contribution in [0.1, 0.15) is 23.1 Å². The number of carbonyl (C=O) groups is 2. The van der Waals surface area contributed by atoms with Gasteiger partial charge in [0.2, 0.25) is 11.8 Å². The summed E-state index contributed by atoms with van der Waals surface area (Å²) in [7, 11) is 1.62. The third kappa shape index (κ3) is 6.30. The summed E-state index contributed by atoms with van der Waals surface area (Å²) >= 11 is 0. The molecular weight excluding hydrogens is 316 g/mol. The van der Waals surface area contributed by atoms with Crippen LogP contribution in [-0.4, -0.2) is 25.5 Å². The minimum atomic E-state index is -0.273. The molecule has 0 spiro atoms. The van der Waals surface area contributed by atoms with Crippen LogP contribution in [0.2, 0.25) is 0 Å². The molecule has 0 aliphatic rings. The monoisotopic (exact) mass is 340 g/mol. The first kappa shape index (κ1) is 18.5. The average molecular weight is 340 g/mol. The van der Waals surface area contributed by atoms with E-state index < -0.39 is 0 Å². The fraction of sp³-hybridized carbons (Fsp3) is 0.300. The zero-order valence-corrected chi connectivity index (χ0v) is 14.7. The van der Waals surface area contributed by atoms with Crippen LogP contribution >= 0.6 is 0 Å². The second kappa shape index (κ2) is 9.47. The normalized spacial score (nSPS) is 10.2. The highest BCUT2D eigenvalue weighted by molar-refractivity contribution is 5.96. The number of benzene rings is 2. The Bertz CT molecular complexity index is 711. The summed E-state index contributed by atoms with van der Waals surface area (Å²) in [5.74, 6) is 0.263. The molecule has 2 rings (SSSR count). The molecule has 0 aliphatic carbocycles. The van der Waals surface area contributed by atoms with Gasteiger partial charge in [-0.2, -0.15) is 0 Å². The van der Waals surface area contributed by atoms with Gasteiger partial charge in [-0.15, -0.1) is 0 Å². The van der Waals surface area contributed by atoms with E-state index in [-0.39, 0.29) is 18.2 Å². The van der Waals surface area contributed by atoms with Gasteiger partial charge in [-0.3, -0.25) is 9.59 Å². The van der Waals surface area contributed by atoms with Gasteiger partial charge in [-0.1, -0.05) is 36.4 Å². The third-order valence-electron chi connectivity index (χ3n) is 3.95. The van der Waals surface area contributed by atoms with E-state index in [2.05, 4.69) is 10.6 Å². The quantitative estimate of drug-likeness (QED) is 0.725. The lowest BCUT2D eigenvalue weighted by atomic mass is 10.1. The maximum atomic E-state index is 11.9. The Labute approximate surface area is 148 Å². The molecule has 5 heteroatoms. The van der Waals surface area contributed by atoms with Gasteiger partial charge in [0.25, 0.3) is 0 Å². The van der Waals surface area contributed by atoms with E-state index in [0.717, 1.165) is 22.4 Å². The zero-order chi connectivity index (χ0) is 18.1. The lowest BCUT2D eigenvalue weighted by Gasteiger charge is -2.09. The number of hydrogen-bond donors (Lipinski definition) is 2. The second-order valence-electron chi connectivity index (χ2n) is 5.83. The summed E-state index contributed by atoms with van der Waals surface area (Å²) in [5.41, 5.74) is 3.27. The van der Waals surface area contributed by atoms with Crippen molar-refractivity contribution >= 4 is 11.8 Å². The Balaban J connectivity index is 1.67. The molecule has 0 bridgehead atoms. The number of ether oxygens (including phenoxy) is 1. The van der Waals surface area contributed by atoms with Crippen LogP contribution in [0.15, 0.2) is 48.5 Å². The number of hydrogen-bond acceptors (Lipinski definition) is 3. The minimum absolute atomic E-state index is 0.158. The molecule has 0 radical (unpaired) electrons. The van der Waals surface area contributed by atoms with Crippen molar-refractivity contribution in [3.05, 3.63) is 65.2 Å². The first-order valence-electron chi connectivity index (χ1n) is 8.29. The lowest BCUT2D eigenvalue weighted by molar-refractivity contribution is -0.129.